The lowest BCUT2D eigenvalue weighted by Crippen LogP contribution is -2.55. The molecule has 29 heavy (non-hydrogen) atoms. The van der Waals surface area contributed by atoms with Gasteiger partial charge in [-0.2, -0.15) is 20.2 Å². The summed E-state index contributed by atoms with van der Waals surface area (Å²) in [7, 11) is 0. The van der Waals surface area contributed by atoms with Crippen molar-refractivity contribution in [3.8, 4) is 6.07 Å². The Labute approximate surface area is 172 Å². The first-order valence-corrected chi connectivity index (χ1v) is 10.4. The van der Waals surface area contributed by atoms with Crippen molar-refractivity contribution in [3.63, 3.8) is 0 Å². The van der Waals surface area contributed by atoms with Crippen molar-refractivity contribution in [1.82, 2.24) is 19.9 Å². The van der Waals surface area contributed by atoms with E-state index in [1.807, 2.05) is 38.7 Å². The molecule has 1 saturated carbocycles. The number of hydrogen-bond donors (Lipinski definition) is 1. The Hall–Kier alpha value is -2.63. The van der Waals surface area contributed by atoms with Crippen LogP contribution in [-0.4, -0.2) is 63.3 Å². The van der Waals surface area contributed by atoms with Gasteiger partial charge in [-0.25, -0.2) is 4.79 Å². The zero-order chi connectivity index (χ0) is 21.0. The molecule has 1 aliphatic carbocycles. The van der Waals surface area contributed by atoms with Gasteiger partial charge in [0, 0.05) is 31.7 Å². The van der Waals surface area contributed by atoms with E-state index >= 15 is 0 Å². The highest BCUT2D eigenvalue weighted by molar-refractivity contribution is 5.68. The van der Waals surface area contributed by atoms with Crippen molar-refractivity contribution >= 4 is 18.0 Å². The Morgan fingerprint density at radius 3 is 2.52 bits per heavy atom. The van der Waals surface area contributed by atoms with Crippen LogP contribution in [0.4, 0.5) is 16.7 Å². The molecule has 1 aromatic heterocycles. The van der Waals surface area contributed by atoms with Gasteiger partial charge in [-0.1, -0.05) is 19.3 Å². The van der Waals surface area contributed by atoms with Crippen molar-refractivity contribution in [3.05, 3.63) is 5.82 Å². The summed E-state index contributed by atoms with van der Waals surface area (Å²) in [5, 5.41) is 12.7. The molecule has 0 spiro atoms. The van der Waals surface area contributed by atoms with E-state index in [-0.39, 0.29) is 18.0 Å². The number of nitrogens with zero attached hydrogens (tertiary/aromatic N) is 6. The summed E-state index contributed by atoms with van der Waals surface area (Å²) >= 11 is 0. The standard InChI is InChI=1S/C20H31N7O2/c1-14-13-26(19(28)29-20(2,3)4)10-11-27(14)18-24-16(12-21)23-17(25-18)22-15-8-6-5-7-9-15/h14-15H,5-11,13H2,1-4H3,(H,22,23,24,25). The molecule has 1 amide bonds. The summed E-state index contributed by atoms with van der Waals surface area (Å²) in [4.78, 5) is 29.2. The van der Waals surface area contributed by atoms with Crippen LogP contribution >= 0.6 is 0 Å². The fourth-order valence-corrected chi connectivity index (χ4v) is 3.78. The molecule has 0 aromatic carbocycles. The van der Waals surface area contributed by atoms with E-state index in [0.29, 0.717) is 37.6 Å². The SMILES string of the molecule is CC1CN(C(=O)OC(C)(C)C)CCN1c1nc(C#N)nc(NC2CCCCC2)n1. The molecule has 2 fully saturated rings. The molecule has 9 nitrogen and oxygen atoms in total. The van der Waals surface area contributed by atoms with Crippen molar-refractivity contribution in [1.29, 1.82) is 5.26 Å². The summed E-state index contributed by atoms with van der Waals surface area (Å²) < 4.78 is 5.48. The van der Waals surface area contributed by atoms with Crippen LogP contribution in [0.3, 0.4) is 0 Å². The van der Waals surface area contributed by atoms with Gasteiger partial charge in [0.15, 0.2) is 0 Å². The zero-order valence-corrected chi connectivity index (χ0v) is 17.8. The van der Waals surface area contributed by atoms with E-state index < -0.39 is 5.60 Å². The molecule has 1 N–H and O–H groups in total. The number of hydrogen-bond acceptors (Lipinski definition) is 8. The normalized spacial score (nSPS) is 20.9. The number of carbonyl (C=O) groups excluding carboxylic acids is 1. The molecular weight excluding hydrogens is 370 g/mol. The minimum atomic E-state index is -0.521. The highest BCUT2D eigenvalue weighted by Gasteiger charge is 2.31. The molecule has 1 atom stereocenters. The molecule has 0 bridgehead atoms. The van der Waals surface area contributed by atoms with Crippen molar-refractivity contribution < 1.29 is 9.53 Å². The van der Waals surface area contributed by atoms with Gasteiger partial charge < -0.3 is 19.9 Å². The van der Waals surface area contributed by atoms with Crippen LogP contribution in [0.1, 0.15) is 65.6 Å². The largest absolute Gasteiger partial charge is 0.444 e. The van der Waals surface area contributed by atoms with Crippen LogP contribution in [0.25, 0.3) is 0 Å². The number of rotatable bonds is 3. The average molecular weight is 402 g/mol. The number of amides is 1. The Balaban J connectivity index is 1.70. The lowest BCUT2D eigenvalue weighted by molar-refractivity contribution is 0.0218. The summed E-state index contributed by atoms with van der Waals surface area (Å²) in [5.74, 6) is 1.04. The number of piperazine rings is 1. The topological polar surface area (TPSA) is 107 Å². The van der Waals surface area contributed by atoms with Crippen LogP contribution in [0.2, 0.25) is 0 Å². The second-order valence-corrected chi connectivity index (χ2v) is 8.84. The molecule has 1 unspecified atom stereocenters. The minimum absolute atomic E-state index is 0.00672. The van der Waals surface area contributed by atoms with Crippen molar-refractivity contribution in [2.75, 3.05) is 29.9 Å². The van der Waals surface area contributed by atoms with Crippen LogP contribution in [-0.2, 0) is 4.74 Å². The van der Waals surface area contributed by atoms with Gasteiger partial charge in [-0.3, -0.25) is 0 Å². The van der Waals surface area contributed by atoms with Gasteiger partial charge in [-0.15, -0.1) is 0 Å². The number of carbonyl (C=O) groups is 1. The molecule has 2 aliphatic rings. The molecule has 1 aromatic rings. The fraction of sp³-hybridized carbons (Fsp3) is 0.750. The highest BCUT2D eigenvalue weighted by Crippen LogP contribution is 2.23. The van der Waals surface area contributed by atoms with Crippen LogP contribution in [0.5, 0.6) is 0 Å². The van der Waals surface area contributed by atoms with Gasteiger partial charge in [0.2, 0.25) is 17.7 Å². The van der Waals surface area contributed by atoms with E-state index in [1.54, 1.807) is 4.90 Å². The molecule has 1 saturated heterocycles. The second-order valence-electron chi connectivity index (χ2n) is 8.84. The Bertz CT molecular complexity index is 765. The van der Waals surface area contributed by atoms with Gasteiger partial charge in [-0.05, 0) is 40.5 Å². The summed E-state index contributed by atoms with van der Waals surface area (Å²) in [6, 6.07) is 2.37. The van der Waals surface area contributed by atoms with Gasteiger partial charge in [0.25, 0.3) is 0 Å². The van der Waals surface area contributed by atoms with E-state index in [9.17, 15) is 10.1 Å². The molecule has 158 valence electrons. The molecule has 9 heteroatoms. The summed E-state index contributed by atoms with van der Waals surface area (Å²) in [5.41, 5.74) is -0.521. The molecule has 0 radical (unpaired) electrons. The first-order chi connectivity index (χ1) is 13.7. The first-order valence-electron chi connectivity index (χ1n) is 10.4. The van der Waals surface area contributed by atoms with Crippen LogP contribution in [0.15, 0.2) is 0 Å². The summed E-state index contributed by atoms with van der Waals surface area (Å²) in [6.07, 6.45) is 5.54. The lowest BCUT2D eigenvalue weighted by atomic mass is 9.96. The van der Waals surface area contributed by atoms with Crippen molar-refractivity contribution in [2.24, 2.45) is 0 Å². The van der Waals surface area contributed by atoms with Crippen LogP contribution < -0.4 is 10.2 Å². The third-order valence-corrected chi connectivity index (χ3v) is 5.20. The maximum absolute atomic E-state index is 12.4. The molecule has 2 heterocycles. The molecular formula is C20H31N7O2. The van der Waals surface area contributed by atoms with E-state index in [1.165, 1.54) is 19.3 Å². The van der Waals surface area contributed by atoms with E-state index in [4.69, 9.17) is 4.74 Å². The summed E-state index contributed by atoms with van der Waals surface area (Å²) in [6.45, 7) is 9.18. The smallest absolute Gasteiger partial charge is 0.410 e. The maximum Gasteiger partial charge on any atom is 0.410 e. The third-order valence-electron chi connectivity index (χ3n) is 5.20. The Morgan fingerprint density at radius 2 is 1.90 bits per heavy atom. The quantitative estimate of drug-likeness (QED) is 0.824. The number of nitrogens with one attached hydrogen (secondary N) is 1. The predicted molar refractivity (Wildman–Crippen MR) is 110 cm³/mol. The lowest BCUT2D eigenvalue weighted by Gasteiger charge is -2.40. The third kappa shape index (κ3) is 5.68. The Kier molecular flexibility index (Phi) is 6.40. The van der Waals surface area contributed by atoms with Gasteiger partial charge >= 0.3 is 6.09 Å². The first kappa shape index (κ1) is 21.1. The predicted octanol–water partition coefficient (Wildman–Crippen LogP) is 2.93. The second kappa shape index (κ2) is 8.80. The van der Waals surface area contributed by atoms with Gasteiger partial charge in [0.1, 0.15) is 11.7 Å². The molecule has 3 rings (SSSR count). The van der Waals surface area contributed by atoms with Crippen LogP contribution in [0, 0.1) is 11.3 Å². The number of ether oxygens (including phenoxy) is 1. The van der Waals surface area contributed by atoms with E-state index in [0.717, 1.165) is 12.8 Å². The number of aromatic nitrogens is 3. The number of nitriles is 1. The fourth-order valence-electron chi connectivity index (χ4n) is 3.78. The highest BCUT2D eigenvalue weighted by atomic mass is 16.6. The minimum Gasteiger partial charge on any atom is -0.444 e. The Morgan fingerprint density at radius 1 is 1.17 bits per heavy atom. The van der Waals surface area contributed by atoms with Gasteiger partial charge in [0.05, 0.1) is 0 Å². The number of anilines is 2. The maximum atomic E-state index is 12.4. The van der Waals surface area contributed by atoms with Crippen molar-refractivity contribution in [2.45, 2.75) is 77.5 Å². The monoisotopic (exact) mass is 401 g/mol. The van der Waals surface area contributed by atoms with E-state index in [2.05, 4.69) is 20.3 Å². The molecule has 1 aliphatic heterocycles. The average Bonchev–Trinajstić information content (AvgIpc) is 2.67. The zero-order valence-electron chi connectivity index (χ0n) is 17.8.